The van der Waals surface area contributed by atoms with Crippen LogP contribution in [0.1, 0.15) is 5.56 Å². The van der Waals surface area contributed by atoms with Crippen molar-refractivity contribution in [1.82, 2.24) is 0 Å². The van der Waals surface area contributed by atoms with Crippen LogP contribution in [0.3, 0.4) is 0 Å². The number of nitrogens with two attached hydrogens (primary N) is 1. The number of halogens is 3. The number of anilines is 2. The van der Waals surface area contributed by atoms with Gasteiger partial charge in [-0.25, -0.2) is 0 Å². The number of nitrogen functional groups attached to an aromatic ring is 1. The van der Waals surface area contributed by atoms with Gasteiger partial charge in [-0.2, -0.15) is 0 Å². The van der Waals surface area contributed by atoms with Crippen molar-refractivity contribution >= 4 is 60.7 Å². The second-order valence-electron chi connectivity index (χ2n) is 4.21. The molecule has 3 N–H and O–H groups in total. The van der Waals surface area contributed by atoms with Gasteiger partial charge in [0.15, 0.2) is 0 Å². The van der Waals surface area contributed by atoms with E-state index in [1.807, 2.05) is 12.1 Å². The second kappa shape index (κ2) is 6.61. The van der Waals surface area contributed by atoms with E-state index in [-0.39, 0.29) is 12.3 Å². The van der Waals surface area contributed by atoms with Crippen molar-refractivity contribution in [2.45, 2.75) is 6.42 Å². The van der Waals surface area contributed by atoms with Crippen molar-refractivity contribution in [3.63, 3.8) is 0 Å². The van der Waals surface area contributed by atoms with Crippen molar-refractivity contribution in [2.24, 2.45) is 0 Å². The lowest BCUT2D eigenvalue weighted by atomic mass is 10.1. The molecule has 0 aliphatic carbocycles. The normalized spacial score (nSPS) is 10.3. The molecular formula is C14H11Br2ClN2O. The summed E-state index contributed by atoms with van der Waals surface area (Å²) in [6.07, 6.45) is 0.278. The van der Waals surface area contributed by atoms with Crippen molar-refractivity contribution < 1.29 is 4.79 Å². The first kappa shape index (κ1) is 15.4. The summed E-state index contributed by atoms with van der Waals surface area (Å²) in [5.41, 5.74) is 7.88. The average molecular weight is 419 g/mol. The van der Waals surface area contributed by atoms with Crippen molar-refractivity contribution in [3.8, 4) is 0 Å². The summed E-state index contributed by atoms with van der Waals surface area (Å²) in [4.78, 5) is 12.0. The minimum Gasteiger partial charge on any atom is -0.399 e. The molecule has 0 aromatic heterocycles. The molecule has 2 aromatic rings. The maximum atomic E-state index is 12.0. The maximum Gasteiger partial charge on any atom is 0.228 e. The third-order valence-corrected chi connectivity index (χ3v) is 4.11. The van der Waals surface area contributed by atoms with Gasteiger partial charge >= 0.3 is 0 Å². The number of hydrogen-bond acceptors (Lipinski definition) is 2. The van der Waals surface area contributed by atoms with Crippen LogP contribution in [-0.2, 0) is 11.2 Å². The van der Waals surface area contributed by atoms with E-state index >= 15 is 0 Å². The minimum absolute atomic E-state index is 0.113. The van der Waals surface area contributed by atoms with E-state index in [4.69, 9.17) is 17.3 Å². The number of amides is 1. The van der Waals surface area contributed by atoms with Gasteiger partial charge in [0.1, 0.15) is 0 Å². The monoisotopic (exact) mass is 416 g/mol. The number of rotatable bonds is 3. The Morgan fingerprint density at radius 3 is 2.25 bits per heavy atom. The highest BCUT2D eigenvalue weighted by molar-refractivity contribution is 9.11. The quantitative estimate of drug-likeness (QED) is 0.714. The Bertz CT molecular complexity index is 621. The third-order valence-electron chi connectivity index (χ3n) is 2.61. The van der Waals surface area contributed by atoms with Gasteiger partial charge in [-0.3, -0.25) is 4.79 Å². The summed E-state index contributed by atoms with van der Waals surface area (Å²) >= 11 is 12.6. The zero-order chi connectivity index (χ0) is 14.7. The highest BCUT2D eigenvalue weighted by Crippen LogP contribution is 2.33. The van der Waals surface area contributed by atoms with Gasteiger partial charge in [0.25, 0.3) is 0 Å². The van der Waals surface area contributed by atoms with E-state index in [0.29, 0.717) is 16.4 Å². The molecule has 3 nitrogen and oxygen atoms in total. The Hall–Kier alpha value is -1.04. The van der Waals surface area contributed by atoms with Gasteiger partial charge < -0.3 is 11.1 Å². The molecule has 2 aromatic carbocycles. The molecule has 0 saturated heterocycles. The summed E-state index contributed by atoms with van der Waals surface area (Å²) in [6, 6.07) is 10.7. The molecule has 20 heavy (non-hydrogen) atoms. The van der Waals surface area contributed by atoms with Crippen LogP contribution in [0.2, 0.25) is 5.02 Å². The Labute approximate surface area is 138 Å². The van der Waals surface area contributed by atoms with Gasteiger partial charge in [0, 0.05) is 19.7 Å². The van der Waals surface area contributed by atoms with Gasteiger partial charge in [-0.15, -0.1) is 0 Å². The van der Waals surface area contributed by atoms with Crippen LogP contribution < -0.4 is 11.1 Å². The first-order valence-corrected chi connectivity index (χ1v) is 7.71. The van der Waals surface area contributed by atoms with Gasteiger partial charge in [-0.1, -0.05) is 23.7 Å². The lowest BCUT2D eigenvalue weighted by Gasteiger charge is -2.10. The van der Waals surface area contributed by atoms with Crippen LogP contribution in [0.4, 0.5) is 11.4 Å². The fourth-order valence-corrected chi connectivity index (χ4v) is 3.23. The van der Waals surface area contributed by atoms with E-state index < -0.39 is 0 Å². The van der Waals surface area contributed by atoms with E-state index in [1.165, 1.54) is 0 Å². The molecule has 0 atom stereocenters. The van der Waals surface area contributed by atoms with E-state index in [0.717, 1.165) is 14.5 Å². The SMILES string of the molecule is Nc1cc(Br)c(NC(=O)Cc2ccc(Cl)cc2)c(Br)c1. The first-order chi connectivity index (χ1) is 9.45. The Morgan fingerprint density at radius 1 is 1.15 bits per heavy atom. The van der Waals surface area contributed by atoms with E-state index in [2.05, 4.69) is 37.2 Å². The predicted octanol–water partition coefficient (Wildman–Crippen LogP) is 4.63. The minimum atomic E-state index is -0.113. The molecule has 0 saturated carbocycles. The molecule has 2 rings (SSSR count). The van der Waals surface area contributed by atoms with Gasteiger partial charge in [0.2, 0.25) is 5.91 Å². The second-order valence-corrected chi connectivity index (χ2v) is 6.36. The fraction of sp³-hybridized carbons (Fsp3) is 0.0714. The Balaban J connectivity index is 2.10. The van der Waals surface area contributed by atoms with Crippen molar-refractivity contribution in [1.29, 1.82) is 0 Å². The fourth-order valence-electron chi connectivity index (χ4n) is 1.68. The molecule has 0 unspecified atom stereocenters. The van der Waals surface area contributed by atoms with Crippen LogP contribution in [-0.4, -0.2) is 5.91 Å². The van der Waals surface area contributed by atoms with Crippen LogP contribution in [0, 0.1) is 0 Å². The third kappa shape index (κ3) is 3.98. The molecule has 1 amide bonds. The average Bonchev–Trinajstić information content (AvgIpc) is 2.36. The summed E-state index contributed by atoms with van der Waals surface area (Å²) in [7, 11) is 0. The lowest BCUT2D eigenvalue weighted by Crippen LogP contribution is -2.15. The smallest absolute Gasteiger partial charge is 0.228 e. The van der Waals surface area contributed by atoms with Gasteiger partial charge in [-0.05, 0) is 61.7 Å². The predicted molar refractivity (Wildman–Crippen MR) is 90.0 cm³/mol. The molecule has 104 valence electrons. The number of carbonyl (C=O) groups excluding carboxylic acids is 1. The molecule has 0 spiro atoms. The van der Waals surface area contributed by atoms with Crippen LogP contribution in [0.15, 0.2) is 45.3 Å². The zero-order valence-corrected chi connectivity index (χ0v) is 14.2. The molecule has 0 aliphatic rings. The van der Waals surface area contributed by atoms with Crippen LogP contribution >= 0.6 is 43.5 Å². The molecule has 0 radical (unpaired) electrons. The summed E-state index contributed by atoms with van der Waals surface area (Å²) in [5.74, 6) is -0.113. The van der Waals surface area contributed by atoms with Crippen LogP contribution in [0.5, 0.6) is 0 Å². The van der Waals surface area contributed by atoms with E-state index in [1.54, 1.807) is 24.3 Å². The zero-order valence-electron chi connectivity index (χ0n) is 10.3. The Morgan fingerprint density at radius 2 is 1.70 bits per heavy atom. The number of carbonyl (C=O) groups is 1. The van der Waals surface area contributed by atoms with Crippen molar-refractivity contribution in [2.75, 3.05) is 11.1 Å². The first-order valence-electron chi connectivity index (χ1n) is 5.74. The summed E-state index contributed by atoms with van der Waals surface area (Å²) in [5, 5.41) is 3.50. The number of hydrogen-bond donors (Lipinski definition) is 2. The Kier molecular flexibility index (Phi) is 5.07. The lowest BCUT2D eigenvalue weighted by molar-refractivity contribution is -0.115. The summed E-state index contributed by atoms with van der Waals surface area (Å²) in [6.45, 7) is 0. The molecule has 6 heteroatoms. The largest absolute Gasteiger partial charge is 0.399 e. The van der Waals surface area contributed by atoms with Crippen LogP contribution in [0.25, 0.3) is 0 Å². The standard InChI is InChI=1S/C14H11Br2ClN2O/c15-11-6-10(18)7-12(16)14(11)19-13(20)5-8-1-3-9(17)4-2-8/h1-4,6-7H,5,18H2,(H,19,20). The molecule has 0 aliphatic heterocycles. The summed E-state index contributed by atoms with van der Waals surface area (Å²) < 4.78 is 1.46. The molecule has 0 fully saturated rings. The highest BCUT2D eigenvalue weighted by Gasteiger charge is 2.11. The topological polar surface area (TPSA) is 55.1 Å². The molecule has 0 bridgehead atoms. The molecule has 0 heterocycles. The van der Waals surface area contributed by atoms with Gasteiger partial charge in [0.05, 0.1) is 12.1 Å². The number of benzene rings is 2. The maximum absolute atomic E-state index is 12.0. The van der Waals surface area contributed by atoms with Crippen molar-refractivity contribution in [3.05, 3.63) is 55.9 Å². The van der Waals surface area contributed by atoms with E-state index in [9.17, 15) is 4.79 Å². The number of nitrogens with one attached hydrogen (secondary N) is 1. The molecular weight excluding hydrogens is 407 g/mol. The highest BCUT2D eigenvalue weighted by atomic mass is 79.9.